The highest BCUT2D eigenvalue weighted by Crippen LogP contribution is 2.29. The molecule has 0 aliphatic heterocycles. The lowest BCUT2D eigenvalue weighted by molar-refractivity contribution is 0.382. The van der Waals surface area contributed by atoms with Gasteiger partial charge in [-0.15, -0.1) is 0 Å². The Kier molecular flexibility index (Phi) is 5.90. The molecule has 112 valence electrons. The summed E-state index contributed by atoms with van der Waals surface area (Å²) in [5.41, 5.74) is 2.69. The Hall–Kier alpha value is -1.02. The zero-order chi connectivity index (χ0) is 14.4. The van der Waals surface area contributed by atoms with Crippen molar-refractivity contribution in [3.63, 3.8) is 0 Å². The monoisotopic (exact) mass is 274 g/mol. The minimum absolute atomic E-state index is 0.765. The predicted molar refractivity (Wildman–Crippen MR) is 88.5 cm³/mol. The summed E-state index contributed by atoms with van der Waals surface area (Å²) >= 11 is 0. The van der Waals surface area contributed by atoms with Gasteiger partial charge in [0.1, 0.15) is 0 Å². The number of hydrogen-bond donors (Lipinski definition) is 1. The highest BCUT2D eigenvalue weighted by molar-refractivity contribution is 5.47. The Bertz CT molecular complexity index is 402. The minimum atomic E-state index is 0.765. The molecular weight excluding hydrogens is 244 g/mol. The molecule has 0 saturated heterocycles. The molecule has 2 rings (SSSR count). The van der Waals surface area contributed by atoms with Gasteiger partial charge >= 0.3 is 0 Å². The van der Waals surface area contributed by atoms with E-state index in [1.165, 1.54) is 56.4 Å². The van der Waals surface area contributed by atoms with Crippen LogP contribution >= 0.6 is 0 Å². The molecule has 1 fully saturated rings. The van der Waals surface area contributed by atoms with Crippen LogP contribution in [0.15, 0.2) is 24.3 Å². The second kappa shape index (κ2) is 7.68. The molecule has 2 atom stereocenters. The zero-order valence-electron chi connectivity index (χ0n) is 13.4. The van der Waals surface area contributed by atoms with E-state index in [4.69, 9.17) is 0 Å². The van der Waals surface area contributed by atoms with Crippen LogP contribution in [0.1, 0.15) is 44.6 Å². The molecule has 1 aliphatic rings. The molecular formula is C18H30N2. The SMILES string of the molecule is CCCNC1CCCC1CCN(C)c1cccc(C)c1. The van der Waals surface area contributed by atoms with Gasteiger partial charge in [0.05, 0.1) is 0 Å². The van der Waals surface area contributed by atoms with Gasteiger partial charge < -0.3 is 10.2 Å². The number of benzene rings is 1. The molecule has 1 N–H and O–H groups in total. The fourth-order valence-electron chi connectivity index (χ4n) is 3.33. The van der Waals surface area contributed by atoms with Crippen molar-refractivity contribution in [2.24, 2.45) is 5.92 Å². The molecule has 0 aromatic heterocycles. The van der Waals surface area contributed by atoms with Crippen molar-refractivity contribution in [1.82, 2.24) is 5.32 Å². The van der Waals surface area contributed by atoms with Crippen LogP contribution in [0, 0.1) is 12.8 Å². The van der Waals surface area contributed by atoms with Gasteiger partial charge in [-0.25, -0.2) is 0 Å². The Morgan fingerprint density at radius 1 is 1.30 bits per heavy atom. The average Bonchev–Trinajstić information content (AvgIpc) is 2.90. The summed E-state index contributed by atoms with van der Waals surface area (Å²) in [5.74, 6) is 0.869. The molecule has 1 saturated carbocycles. The first-order valence-electron chi connectivity index (χ1n) is 8.22. The van der Waals surface area contributed by atoms with Crippen molar-refractivity contribution in [1.29, 1.82) is 0 Å². The van der Waals surface area contributed by atoms with Gasteiger partial charge in [0.25, 0.3) is 0 Å². The molecule has 20 heavy (non-hydrogen) atoms. The van der Waals surface area contributed by atoms with E-state index in [0.29, 0.717) is 0 Å². The first-order chi connectivity index (χ1) is 9.70. The summed E-state index contributed by atoms with van der Waals surface area (Å²) in [4.78, 5) is 2.40. The van der Waals surface area contributed by atoms with E-state index in [-0.39, 0.29) is 0 Å². The molecule has 0 heterocycles. The lowest BCUT2D eigenvalue weighted by Gasteiger charge is -2.25. The topological polar surface area (TPSA) is 15.3 Å². The minimum Gasteiger partial charge on any atom is -0.375 e. The lowest BCUT2D eigenvalue weighted by Crippen LogP contribution is -2.34. The third-order valence-corrected chi connectivity index (χ3v) is 4.59. The Morgan fingerprint density at radius 2 is 2.15 bits per heavy atom. The molecule has 2 nitrogen and oxygen atoms in total. The Morgan fingerprint density at radius 3 is 2.90 bits per heavy atom. The average molecular weight is 274 g/mol. The van der Waals surface area contributed by atoms with Crippen LogP contribution in [0.5, 0.6) is 0 Å². The summed E-state index contributed by atoms with van der Waals surface area (Å²) in [5, 5.41) is 3.74. The van der Waals surface area contributed by atoms with E-state index in [9.17, 15) is 0 Å². The van der Waals surface area contributed by atoms with Crippen molar-refractivity contribution in [3.8, 4) is 0 Å². The van der Waals surface area contributed by atoms with Crippen LogP contribution in [-0.4, -0.2) is 26.2 Å². The summed E-state index contributed by atoms with van der Waals surface area (Å²) in [7, 11) is 2.22. The van der Waals surface area contributed by atoms with E-state index in [2.05, 4.69) is 55.4 Å². The second-order valence-corrected chi connectivity index (χ2v) is 6.30. The summed E-state index contributed by atoms with van der Waals surface area (Å²) < 4.78 is 0. The summed E-state index contributed by atoms with van der Waals surface area (Å²) in [6, 6.07) is 9.58. The van der Waals surface area contributed by atoms with Crippen LogP contribution in [0.2, 0.25) is 0 Å². The largest absolute Gasteiger partial charge is 0.375 e. The molecule has 0 spiro atoms. The molecule has 1 aliphatic carbocycles. The Balaban J connectivity index is 1.82. The van der Waals surface area contributed by atoms with Crippen molar-refractivity contribution >= 4 is 5.69 Å². The van der Waals surface area contributed by atoms with E-state index in [1.807, 2.05) is 0 Å². The van der Waals surface area contributed by atoms with E-state index in [1.54, 1.807) is 0 Å². The molecule has 1 aromatic carbocycles. The predicted octanol–water partition coefficient (Wildman–Crippen LogP) is 3.99. The zero-order valence-corrected chi connectivity index (χ0v) is 13.4. The number of anilines is 1. The van der Waals surface area contributed by atoms with E-state index < -0.39 is 0 Å². The van der Waals surface area contributed by atoms with Gasteiger partial charge in [-0.1, -0.05) is 25.5 Å². The Labute approximate surface area is 124 Å². The number of nitrogens with zero attached hydrogens (tertiary/aromatic N) is 1. The fourth-order valence-corrected chi connectivity index (χ4v) is 3.33. The van der Waals surface area contributed by atoms with Crippen molar-refractivity contribution in [3.05, 3.63) is 29.8 Å². The quantitative estimate of drug-likeness (QED) is 0.809. The van der Waals surface area contributed by atoms with Gasteiger partial charge in [-0.2, -0.15) is 0 Å². The molecule has 0 radical (unpaired) electrons. The summed E-state index contributed by atoms with van der Waals surface area (Å²) in [6.45, 7) is 6.76. The third kappa shape index (κ3) is 4.24. The number of hydrogen-bond acceptors (Lipinski definition) is 2. The smallest absolute Gasteiger partial charge is 0.0366 e. The third-order valence-electron chi connectivity index (χ3n) is 4.59. The first-order valence-corrected chi connectivity index (χ1v) is 8.22. The van der Waals surface area contributed by atoms with Crippen LogP contribution in [0.4, 0.5) is 5.69 Å². The maximum atomic E-state index is 3.74. The maximum Gasteiger partial charge on any atom is 0.0366 e. The van der Waals surface area contributed by atoms with Gasteiger partial charge in [0.15, 0.2) is 0 Å². The van der Waals surface area contributed by atoms with Crippen molar-refractivity contribution in [2.45, 2.75) is 52.0 Å². The van der Waals surface area contributed by atoms with Crippen LogP contribution in [0.25, 0.3) is 0 Å². The fraction of sp³-hybridized carbons (Fsp3) is 0.667. The molecule has 2 heteroatoms. The molecule has 1 aromatic rings. The number of nitrogens with one attached hydrogen (secondary N) is 1. The van der Waals surface area contributed by atoms with Gasteiger partial charge in [0, 0.05) is 25.3 Å². The van der Waals surface area contributed by atoms with Crippen LogP contribution in [-0.2, 0) is 0 Å². The lowest BCUT2D eigenvalue weighted by atomic mass is 9.99. The highest BCUT2D eigenvalue weighted by Gasteiger charge is 2.26. The van der Waals surface area contributed by atoms with Crippen LogP contribution in [0.3, 0.4) is 0 Å². The van der Waals surface area contributed by atoms with Crippen molar-refractivity contribution in [2.75, 3.05) is 25.0 Å². The van der Waals surface area contributed by atoms with Crippen molar-refractivity contribution < 1.29 is 0 Å². The maximum absolute atomic E-state index is 3.74. The first kappa shape index (κ1) is 15.4. The normalized spacial score (nSPS) is 22.1. The number of aryl methyl sites for hydroxylation is 1. The highest BCUT2D eigenvalue weighted by atomic mass is 15.1. The van der Waals surface area contributed by atoms with E-state index in [0.717, 1.165) is 12.0 Å². The standard InChI is InChI=1S/C18H30N2/c1-4-12-19-18-10-6-8-16(18)11-13-20(3)17-9-5-7-15(2)14-17/h5,7,9,14,16,18-19H,4,6,8,10-13H2,1-3H3. The van der Waals surface area contributed by atoms with Crippen LogP contribution < -0.4 is 10.2 Å². The number of rotatable bonds is 7. The van der Waals surface area contributed by atoms with E-state index >= 15 is 0 Å². The summed E-state index contributed by atoms with van der Waals surface area (Å²) in [6.07, 6.45) is 6.74. The molecule has 0 amide bonds. The molecule has 0 bridgehead atoms. The van der Waals surface area contributed by atoms with Gasteiger partial charge in [0.2, 0.25) is 0 Å². The van der Waals surface area contributed by atoms with Gasteiger partial charge in [-0.05, 0) is 62.8 Å². The second-order valence-electron chi connectivity index (χ2n) is 6.30. The molecule has 2 unspecified atom stereocenters. The van der Waals surface area contributed by atoms with Gasteiger partial charge in [-0.3, -0.25) is 0 Å².